The number of hydrogen-bond donors (Lipinski definition) is 3. The van der Waals surface area contributed by atoms with Gasteiger partial charge in [0.25, 0.3) is 0 Å². The molecule has 0 heterocycles. The van der Waals surface area contributed by atoms with Crippen molar-refractivity contribution in [1.29, 1.82) is 0 Å². The van der Waals surface area contributed by atoms with E-state index in [9.17, 15) is 18.3 Å². The Kier molecular flexibility index (Phi) is 6.89. The Hall–Kier alpha value is -2.49. The van der Waals surface area contributed by atoms with Crippen LogP contribution in [0.2, 0.25) is 5.02 Å². The van der Waals surface area contributed by atoms with E-state index in [-0.39, 0.29) is 35.0 Å². The molecule has 27 heavy (non-hydrogen) atoms. The molecule has 2 aromatic carbocycles. The van der Waals surface area contributed by atoms with Crippen LogP contribution in [0.15, 0.2) is 41.3 Å². The Balaban J connectivity index is 1.97. The minimum atomic E-state index is -3.84. The molecule has 0 saturated carbocycles. The second-order valence-electron chi connectivity index (χ2n) is 5.37. The molecular formula is C17H19ClN2O6S. The lowest BCUT2D eigenvalue weighted by atomic mass is 10.3. The fraction of sp³-hybridized carbons (Fsp3) is 0.235. The molecule has 2 rings (SSSR count). The zero-order valence-corrected chi connectivity index (χ0v) is 16.2. The number of benzene rings is 2. The molecule has 3 N–H and O–H groups in total. The van der Waals surface area contributed by atoms with Crippen molar-refractivity contribution in [3.05, 3.63) is 41.4 Å². The highest BCUT2D eigenvalue weighted by Crippen LogP contribution is 2.29. The molecule has 146 valence electrons. The smallest absolute Gasteiger partial charge is 0.240 e. The van der Waals surface area contributed by atoms with E-state index < -0.39 is 15.9 Å². The summed E-state index contributed by atoms with van der Waals surface area (Å²) >= 11 is 5.81. The average Bonchev–Trinajstić information content (AvgIpc) is 2.63. The van der Waals surface area contributed by atoms with Gasteiger partial charge in [-0.2, -0.15) is 0 Å². The molecule has 0 bridgehead atoms. The van der Waals surface area contributed by atoms with E-state index in [1.807, 2.05) is 0 Å². The first-order valence-electron chi connectivity index (χ1n) is 7.77. The van der Waals surface area contributed by atoms with Crippen LogP contribution in [0.5, 0.6) is 17.2 Å². The summed E-state index contributed by atoms with van der Waals surface area (Å²) in [6, 6.07) is 8.38. The van der Waals surface area contributed by atoms with E-state index in [4.69, 9.17) is 21.1 Å². The molecular weight excluding hydrogens is 396 g/mol. The molecule has 0 fully saturated rings. The third-order valence-electron chi connectivity index (χ3n) is 3.54. The Morgan fingerprint density at radius 2 is 1.81 bits per heavy atom. The van der Waals surface area contributed by atoms with Gasteiger partial charge in [0.1, 0.15) is 5.75 Å². The molecule has 0 aromatic heterocycles. The van der Waals surface area contributed by atoms with Gasteiger partial charge in [-0.3, -0.25) is 4.79 Å². The van der Waals surface area contributed by atoms with E-state index in [0.717, 1.165) is 0 Å². The standard InChI is InChI=1S/C17H19ClN2O6S/c1-25-15-6-4-12(10-16(15)26-2)27(23,24)19-8-7-17(22)20-13-9-11(18)3-5-14(13)21/h3-6,9-10,19,21H,7-8H2,1-2H3,(H,20,22). The predicted molar refractivity (Wildman–Crippen MR) is 101 cm³/mol. The van der Waals surface area contributed by atoms with Crippen molar-refractivity contribution in [3.8, 4) is 17.2 Å². The Morgan fingerprint density at radius 1 is 1.11 bits per heavy atom. The molecule has 0 spiro atoms. The second-order valence-corrected chi connectivity index (χ2v) is 7.58. The summed E-state index contributed by atoms with van der Waals surface area (Å²) in [5.74, 6) is 0.0490. The minimum Gasteiger partial charge on any atom is -0.506 e. The first-order valence-corrected chi connectivity index (χ1v) is 9.63. The molecule has 0 unspecified atom stereocenters. The molecule has 0 aliphatic heterocycles. The maximum atomic E-state index is 12.3. The second kappa shape index (κ2) is 8.94. The van der Waals surface area contributed by atoms with Gasteiger partial charge >= 0.3 is 0 Å². The number of hydrogen-bond acceptors (Lipinski definition) is 6. The number of carbonyl (C=O) groups excluding carboxylic acids is 1. The van der Waals surface area contributed by atoms with Gasteiger partial charge in [-0.15, -0.1) is 0 Å². The number of amides is 1. The lowest BCUT2D eigenvalue weighted by Crippen LogP contribution is -2.27. The molecule has 0 atom stereocenters. The van der Waals surface area contributed by atoms with Gasteiger partial charge in [0.15, 0.2) is 11.5 Å². The fourth-order valence-electron chi connectivity index (χ4n) is 2.19. The number of halogens is 1. The van der Waals surface area contributed by atoms with E-state index >= 15 is 0 Å². The molecule has 2 aromatic rings. The van der Waals surface area contributed by atoms with Crippen LogP contribution in [-0.4, -0.2) is 40.2 Å². The van der Waals surface area contributed by atoms with Crippen LogP contribution >= 0.6 is 11.6 Å². The normalized spacial score (nSPS) is 11.1. The lowest BCUT2D eigenvalue weighted by Gasteiger charge is -2.11. The number of ether oxygens (including phenoxy) is 2. The van der Waals surface area contributed by atoms with Crippen molar-refractivity contribution >= 4 is 33.2 Å². The molecule has 10 heteroatoms. The number of phenolic OH excluding ortho intramolecular Hbond substituents is 1. The zero-order chi connectivity index (χ0) is 20.0. The van der Waals surface area contributed by atoms with Crippen molar-refractivity contribution in [2.24, 2.45) is 0 Å². The summed E-state index contributed by atoms with van der Waals surface area (Å²) in [5, 5.41) is 12.5. The van der Waals surface area contributed by atoms with Gasteiger partial charge in [-0.1, -0.05) is 11.6 Å². The number of phenols is 1. The van der Waals surface area contributed by atoms with Crippen LogP contribution in [0.4, 0.5) is 5.69 Å². The predicted octanol–water partition coefficient (Wildman–Crippen LogP) is 2.37. The van der Waals surface area contributed by atoms with Crippen molar-refractivity contribution in [2.45, 2.75) is 11.3 Å². The quantitative estimate of drug-likeness (QED) is 0.571. The molecule has 0 radical (unpaired) electrons. The summed E-state index contributed by atoms with van der Waals surface area (Å²) in [6.07, 6.45) is -0.140. The third-order valence-corrected chi connectivity index (χ3v) is 5.24. The summed E-state index contributed by atoms with van der Waals surface area (Å²) in [7, 11) is -0.992. The highest BCUT2D eigenvalue weighted by Gasteiger charge is 2.17. The number of carbonyl (C=O) groups is 1. The summed E-state index contributed by atoms with van der Waals surface area (Å²) < 4.78 is 37.2. The zero-order valence-electron chi connectivity index (χ0n) is 14.7. The van der Waals surface area contributed by atoms with E-state index in [0.29, 0.717) is 10.8 Å². The van der Waals surface area contributed by atoms with Gasteiger partial charge in [0, 0.05) is 24.1 Å². The maximum absolute atomic E-state index is 12.3. The Labute approximate surface area is 162 Å². The van der Waals surface area contributed by atoms with Crippen LogP contribution < -0.4 is 19.5 Å². The topological polar surface area (TPSA) is 114 Å². The summed E-state index contributed by atoms with van der Waals surface area (Å²) in [6.45, 7) is -0.135. The highest BCUT2D eigenvalue weighted by atomic mass is 35.5. The lowest BCUT2D eigenvalue weighted by molar-refractivity contribution is -0.116. The third kappa shape index (κ3) is 5.49. The summed E-state index contributed by atoms with van der Waals surface area (Å²) in [4.78, 5) is 11.9. The first kappa shape index (κ1) is 20.8. The van der Waals surface area contributed by atoms with Gasteiger partial charge in [-0.25, -0.2) is 13.1 Å². The summed E-state index contributed by atoms with van der Waals surface area (Å²) in [5.41, 5.74) is 0.148. The molecule has 0 saturated heterocycles. The number of nitrogens with one attached hydrogen (secondary N) is 2. The molecule has 0 aliphatic rings. The molecule has 0 aliphatic carbocycles. The Bertz CT molecular complexity index is 933. The maximum Gasteiger partial charge on any atom is 0.240 e. The Morgan fingerprint density at radius 3 is 2.48 bits per heavy atom. The fourth-order valence-corrected chi connectivity index (χ4v) is 3.41. The minimum absolute atomic E-state index is 0.0203. The van der Waals surface area contributed by atoms with Crippen molar-refractivity contribution in [2.75, 3.05) is 26.1 Å². The number of methoxy groups -OCH3 is 2. The SMILES string of the molecule is COc1ccc(S(=O)(=O)NCCC(=O)Nc2cc(Cl)ccc2O)cc1OC. The number of rotatable bonds is 8. The highest BCUT2D eigenvalue weighted by molar-refractivity contribution is 7.89. The monoisotopic (exact) mass is 414 g/mol. The van der Waals surface area contributed by atoms with E-state index in [1.54, 1.807) is 0 Å². The number of aromatic hydroxyl groups is 1. The number of sulfonamides is 1. The van der Waals surface area contributed by atoms with Crippen LogP contribution in [-0.2, 0) is 14.8 Å². The van der Waals surface area contributed by atoms with Crippen LogP contribution in [0, 0.1) is 0 Å². The largest absolute Gasteiger partial charge is 0.506 e. The first-order chi connectivity index (χ1) is 12.8. The van der Waals surface area contributed by atoms with Crippen molar-refractivity contribution in [3.63, 3.8) is 0 Å². The van der Waals surface area contributed by atoms with Crippen molar-refractivity contribution in [1.82, 2.24) is 4.72 Å². The molecule has 1 amide bonds. The van der Waals surface area contributed by atoms with Gasteiger partial charge < -0.3 is 19.9 Å². The average molecular weight is 415 g/mol. The van der Waals surface area contributed by atoms with Gasteiger partial charge in [0.05, 0.1) is 24.8 Å². The van der Waals surface area contributed by atoms with E-state index in [2.05, 4.69) is 10.0 Å². The number of anilines is 1. The van der Waals surface area contributed by atoms with Gasteiger partial charge in [-0.05, 0) is 30.3 Å². The van der Waals surface area contributed by atoms with Crippen LogP contribution in [0.25, 0.3) is 0 Å². The van der Waals surface area contributed by atoms with E-state index in [1.165, 1.54) is 50.6 Å². The van der Waals surface area contributed by atoms with Crippen LogP contribution in [0.3, 0.4) is 0 Å². The van der Waals surface area contributed by atoms with Crippen LogP contribution in [0.1, 0.15) is 6.42 Å². The molecule has 8 nitrogen and oxygen atoms in total. The van der Waals surface area contributed by atoms with Crippen molar-refractivity contribution < 1.29 is 27.8 Å². The van der Waals surface area contributed by atoms with Gasteiger partial charge in [0.2, 0.25) is 15.9 Å².